The lowest BCUT2D eigenvalue weighted by atomic mass is 9.96. The summed E-state index contributed by atoms with van der Waals surface area (Å²) in [6, 6.07) is 10.3. The maximum atomic E-state index is 5.42. The van der Waals surface area contributed by atoms with Gasteiger partial charge >= 0.3 is 0 Å². The molecule has 0 atom stereocenters. The third-order valence-corrected chi connectivity index (χ3v) is 4.38. The molecule has 2 heterocycles. The van der Waals surface area contributed by atoms with Gasteiger partial charge < -0.3 is 14.6 Å². The summed E-state index contributed by atoms with van der Waals surface area (Å²) < 4.78 is 5.42. The molecule has 0 amide bonds. The van der Waals surface area contributed by atoms with E-state index in [9.17, 15) is 0 Å². The van der Waals surface area contributed by atoms with Crippen molar-refractivity contribution in [2.24, 2.45) is 5.92 Å². The molecule has 1 aromatic carbocycles. The molecule has 0 spiro atoms. The molecular formula is C18H25N3O. The lowest BCUT2D eigenvalue weighted by Gasteiger charge is -2.24. The number of rotatable bonds is 6. The van der Waals surface area contributed by atoms with Crippen molar-refractivity contribution in [3.63, 3.8) is 0 Å². The Labute approximate surface area is 132 Å². The van der Waals surface area contributed by atoms with Crippen LogP contribution in [0.1, 0.15) is 25.0 Å². The Morgan fingerprint density at radius 2 is 2.00 bits per heavy atom. The van der Waals surface area contributed by atoms with Crippen LogP contribution in [0.2, 0.25) is 0 Å². The molecule has 1 aliphatic heterocycles. The molecule has 1 N–H and O–H groups in total. The maximum absolute atomic E-state index is 5.42. The number of hydrogen-bond donors (Lipinski definition) is 1. The number of hydrogen-bond acceptors (Lipinski definition) is 3. The number of imidazole rings is 1. The van der Waals surface area contributed by atoms with Crippen molar-refractivity contribution in [1.29, 1.82) is 0 Å². The summed E-state index contributed by atoms with van der Waals surface area (Å²) in [4.78, 5) is 10.3. The first kappa shape index (κ1) is 15.3. The molecule has 4 heteroatoms. The van der Waals surface area contributed by atoms with Crippen LogP contribution in [0.4, 0.5) is 0 Å². The van der Waals surface area contributed by atoms with Crippen LogP contribution < -0.4 is 0 Å². The standard InChI is InChI=1S/C18H25N3O/c1-21(10-7-15-8-11-22-12-9-15)14-17-13-19-18(20-17)16-5-3-2-4-6-16/h2-6,13,15H,7-12,14H2,1H3,(H,19,20). The van der Waals surface area contributed by atoms with Crippen LogP contribution in [-0.2, 0) is 11.3 Å². The molecule has 0 radical (unpaired) electrons. The second-order valence-electron chi connectivity index (χ2n) is 6.21. The van der Waals surface area contributed by atoms with Crippen LogP contribution >= 0.6 is 0 Å². The highest BCUT2D eigenvalue weighted by Gasteiger charge is 2.14. The van der Waals surface area contributed by atoms with E-state index < -0.39 is 0 Å². The Kier molecular flexibility index (Phi) is 5.24. The van der Waals surface area contributed by atoms with Crippen LogP contribution in [0.5, 0.6) is 0 Å². The van der Waals surface area contributed by atoms with Crippen LogP contribution in [0.25, 0.3) is 11.4 Å². The zero-order valence-corrected chi connectivity index (χ0v) is 13.3. The van der Waals surface area contributed by atoms with E-state index in [1.165, 1.54) is 25.0 Å². The minimum Gasteiger partial charge on any atom is -0.381 e. The number of nitrogens with zero attached hydrogens (tertiary/aromatic N) is 2. The van der Waals surface area contributed by atoms with E-state index in [1.54, 1.807) is 0 Å². The molecule has 2 aromatic rings. The summed E-state index contributed by atoms with van der Waals surface area (Å²) in [5, 5.41) is 0. The van der Waals surface area contributed by atoms with Gasteiger partial charge in [0.25, 0.3) is 0 Å². The summed E-state index contributed by atoms with van der Waals surface area (Å²) in [6.45, 7) is 3.93. The zero-order valence-electron chi connectivity index (χ0n) is 13.3. The van der Waals surface area contributed by atoms with Gasteiger partial charge in [-0.15, -0.1) is 0 Å². The molecule has 1 aliphatic rings. The predicted molar refractivity (Wildman–Crippen MR) is 88.5 cm³/mol. The Morgan fingerprint density at radius 1 is 1.23 bits per heavy atom. The Balaban J connectivity index is 1.49. The summed E-state index contributed by atoms with van der Waals surface area (Å²) in [5.41, 5.74) is 2.31. The molecule has 1 fully saturated rings. The fraction of sp³-hybridized carbons (Fsp3) is 0.500. The molecule has 0 aliphatic carbocycles. The van der Waals surface area contributed by atoms with E-state index in [2.05, 4.69) is 34.0 Å². The first-order valence-corrected chi connectivity index (χ1v) is 8.17. The second kappa shape index (κ2) is 7.56. The van der Waals surface area contributed by atoms with Crippen LogP contribution in [0, 0.1) is 5.92 Å². The topological polar surface area (TPSA) is 41.1 Å². The van der Waals surface area contributed by atoms with Gasteiger partial charge in [-0.25, -0.2) is 4.98 Å². The normalized spacial score (nSPS) is 16.3. The van der Waals surface area contributed by atoms with Crippen molar-refractivity contribution in [3.05, 3.63) is 42.2 Å². The summed E-state index contributed by atoms with van der Waals surface area (Å²) in [6.07, 6.45) is 5.65. The molecule has 22 heavy (non-hydrogen) atoms. The van der Waals surface area contributed by atoms with E-state index in [0.717, 1.165) is 43.6 Å². The van der Waals surface area contributed by atoms with Gasteiger partial charge in [-0.05, 0) is 38.8 Å². The monoisotopic (exact) mass is 299 g/mol. The molecule has 118 valence electrons. The highest BCUT2D eigenvalue weighted by molar-refractivity contribution is 5.54. The highest BCUT2D eigenvalue weighted by Crippen LogP contribution is 2.19. The van der Waals surface area contributed by atoms with Crippen molar-refractivity contribution in [3.8, 4) is 11.4 Å². The van der Waals surface area contributed by atoms with E-state index in [0.29, 0.717) is 0 Å². The minimum atomic E-state index is 0.831. The average Bonchev–Trinajstić information content (AvgIpc) is 3.03. The van der Waals surface area contributed by atoms with Crippen molar-refractivity contribution in [2.75, 3.05) is 26.8 Å². The molecule has 0 bridgehead atoms. The first-order valence-electron chi connectivity index (χ1n) is 8.17. The summed E-state index contributed by atoms with van der Waals surface area (Å²) in [7, 11) is 2.18. The average molecular weight is 299 g/mol. The largest absolute Gasteiger partial charge is 0.381 e. The minimum absolute atomic E-state index is 0.831. The molecule has 0 saturated carbocycles. The molecule has 4 nitrogen and oxygen atoms in total. The van der Waals surface area contributed by atoms with E-state index >= 15 is 0 Å². The van der Waals surface area contributed by atoms with E-state index in [1.807, 2.05) is 24.4 Å². The SMILES string of the molecule is CN(CCC1CCOCC1)Cc1cnc(-c2ccccc2)[nH]1. The summed E-state index contributed by atoms with van der Waals surface area (Å²) >= 11 is 0. The van der Waals surface area contributed by atoms with Crippen LogP contribution in [-0.4, -0.2) is 41.7 Å². The van der Waals surface area contributed by atoms with Gasteiger partial charge in [0.1, 0.15) is 5.82 Å². The Morgan fingerprint density at radius 3 is 2.77 bits per heavy atom. The lowest BCUT2D eigenvalue weighted by molar-refractivity contribution is 0.0607. The smallest absolute Gasteiger partial charge is 0.137 e. The van der Waals surface area contributed by atoms with Gasteiger partial charge in [0, 0.05) is 37.2 Å². The van der Waals surface area contributed by atoms with Gasteiger partial charge in [0.15, 0.2) is 0 Å². The molecule has 1 aromatic heterocycles. The van der Waals surface area contributed by atoms with E-state index in [4.69, 9.17) is 4.74 Å². The van der Waals surface area contributed by atoms with Crippen molar-refractivity contribution < 1.29 is 4.74 Å². The van der Waals surface area contributed by atoms with Gasteiger partial charge in [-0.3, -0.25) is 0 Å². The molecular weight excluding hydrogens is 274 g/mol. The number of benzene rings is 1. The highest BCUT2D eigenvalue weighted by atomic mass is 16.5. The third kappa shape index (κ3) is 4.18. The molecule has 3 rings (SSSR count). The number of H-pyrrole nitrogens is 1. The fourth-order valence-electron chi connectivity index (χ4n) is 2.99. The fourth-order valence-corrected chi connectivity index (χ4v) is 2.99. The van der Waals surface area contributed by atoms with Gasteiger partial charge in [0.05, 0.1) is 0 Å². The summed E-state index contributed by atoms with van der Waals surface area (Å²) in [5.74, 6) is 1.78. The Bertz CT molecular complexity index is 561. The van der Waals surface area contributed by atoms with Crippen LogP contribution in [0.15, 0.2) is 36.5 Å². The molecule has 1 saturated heterocycles. The lowest BCUT2D eigenvalue weighted by Crippen LogP contribution is -2.24. The van der Waals surface area contributed by atoms with E-state index in [-0.39, 0.29) is 0 Å². The van der Waals surface area contributed by atoms with Gasteiger partial charge in [0.2, 0.25) is 0 Å². The zero-order chi connectivity index (χ0) is 15.2. The van der Waals surface area contributed by atoms with Crippen LogP contribution in [0.3, 0.4) is 0 Å². The maximum Gasteiger partial charge on any atom is 0.137 e. The Hall–Kier alpha value is -1.65. The quantitative estimate of drug-likeness (QED) is 0.889. The predicted octanol–water partition coefficient (Wildman–Crippen LogP) is 3.33. The number of nitrogens with one attached hydrogen (secondary N) is 1. The number of ether oxygens (including phenoxy) is 1. The van der Waals surface area contributed by atoms with Crippen molar-refractivity contribution in [1.82, 2.24) is 14.9 Å². The van der Waals surface area contributed by atoms with Crippen molar-refractivity contribution >= 4 is 0 Å². The second-order valence-corrected chi connectivity index (χ2v) is 6.21. The first-order chi connectivity index (χ1) is 10.8. The molecule has 0 unspecified atom stereocenters. The number of aromatic amines is 1. The number of aromatic nitrogens is 2. The van der Waals surface area contributed by atoms with Crippen molar-refractivity contribution in [2.45, 2.75) is 25.8 Å². The third-order valence-electron chi connectivity index (χ3n) is 4.38. The van der Waals surface area contributed by atoms with Gasteiger partial charge in [-0.1, -0.05) is 30.3 Å². The van der Waals surface area contributed by atoms with Gasteiger partial charge in [-0.2, -0.15) is 0 Å².